The molecular formula is C41H37Cl2F7N6O3S2. The first kappa shape index (κ1) is 46.3. The zero-order valence-electron chi connectivity index (χ0n) is 31.0. The van der Waals surface area contributed by atoms with Crippen LogP contribution in [0, 0.1) is 35.1 Å². The van der Waals surface area contributed by atoms with Gasteiger partial charge in [0.05, 0.1) is 26.1 Å². The molecule has 20 heteroatoms. The third-order valence-corrected chi connectivity index (χ3v) is 14.2. The highest BCUT2D eigenvalue weighted by molar-refractivity contribution is 8.15. The summed E-state index contributed by atoms with van der Waals surface area (Å²) in [6.45, 7) is -3.37. The van der Waals surface area contributed by atoms with Gasteiger partial charge in [-0.1, -0.05) is 54.2 Å². The third-order valence-electron chi connectivity index (χ3n) is 11.2. The Bertz CT molecular complexity index is 2270. The molecule has 2 aliphatic heterocycles. The van der Waals surface area contributed by atoms with Gasteiger partial charge in [-0.2, -0.15) is 0 Å². The van der Waals surface area contributed by atoms with Gasteiger partial charge in [0.25, 0.3) is 0 Å². The van der Waals surface area contributed by atoms with Gasteiger partial charge in [-0.3, -0.25) is 19.6 Å². The quantitative estimate of drug-likeness (QED) is 0.0938. The summed E-state index contributed by atoms with van der Waals surface area (Å²) in [5.41, 5.74) is 7.87. The molecule has 0 unspecified atom stereocenters. The molecular weight excluding hydrogens is 893 g/mol. The van der Waals surface area contributed by atoms with Crippen LogP contribution < -0.4 is 11.5 Å². The number of aromatic nitrogens is 2. The van der Waals surface area contributed by atoms with E-state index in [0.29, 0.717) is 16.5 Å². The number of Topliss-reactive ketones (excluding diaryl/α,β-unsaturated/α-hetero) is 2. The number of aliphatic hydroxyl groups excluding tert-OH is 1. The van der Waals surface area contributed by atoms with Crippen LogP contribution >= 0.6 is 46.7 Å². The predicted molar refractivity (Wildman–Crippen MR) is 222 cm³/mol. The lowest BCUT2D eigenvalue weighted by molar-refractivity contribution is 0.0980. The molecule has 0 radical (unpaired) electrons. The van der Waals surface area contributed by atoms with Crippen LogP contribution in [0.25, 0.3) is 0 Å². The van der Waals surface area contributed by atoms with Gasteiger partial charge in [0.1, 0.15) is 42.5 Å². The highest BCUT2D eigenvalue weighted by Gasteiger charge is 2.69. The summed E-state index contributed by atoms with van der Waals surface area (Å²) in [5, 5.41) is 10.4. The zero-order valence-corrected chi connectivity index (χ0v) is 34.2. The number of amidine groups is 2. The number of fused-ring (bicyclic) bond motifs is 2. The molecule has 9 nitrogen and oxygen atoms in total. The smallest absolute Gasteiger partial charge is 0.185 e. The second-order valence-corrected chi connectivity index (χ2v) is 18.7. The number of carbonyl (C=O) groups is 2. The van der Waals surface area contributed by atoms with Crippen LogP contribution in [0.1, 0.15) is 63.5 Å². The van der Waals surface area contributed by atoms with Crippen LogP contribution in [0.2, 0.25) is 10.0 Å². The van der Waals surface area contributed by atoms with E-state index in [2.05, 4.69) is 20.0 Å². The Morgan fingerprint density at radius 2 is 1.10 bits per heavy atom. The van der Waals surface area contributed by atoms with Crippen LogP contribution in [0.4, 0.5) is 30.7 Å². The number of carbonyl (C=O) groups excluding carboxylic acids is 2. The van der Waals surface area contributed by atoms with E-state index >= 15 is 0 Å². The Kier molecular flexibility index (Phi) is 13.3. The molecule has 0 spiro atoms. The molecule has 5 N–H and O–H groups in total. The molecule has 2 aromatic carbocycles. The number of rotatable bonds is 12. The number of alkyl halides is 3. The van der Waals surface area contributed by atoms with Crippen molar-refractivity contribution in [3.8, 4) is 0 Å². The summed E-state index contributed by atoms with van der Waals surface area (Å²) in [6.07, 6.45) is 2.63. The Labute approximate surface area is 364 Å². The number of benzene rings is 2. The summed E-state index contributed by atoms with van der Waals surface area (Å²) in [7, 11) is 0. The van der Waals surface area contributed by atoms with Gasteiger partial charge in [0, 0.05) is 48.2 Å². The Hall–Kier alpha value is -4.23. The van der Waals surface area contributed by atoms with Crippen LogP contribution in [0.15, 0.2) is 70.9 Å². The van der Waals surface area contributed by atoms with Gasteiger partial charge in [-0.05, 0) is 72.5 Å². The first-order valence-corrected chi connectivity index (χ1v) is 20.5. The number of hydrogen-bond acceptors (Lipinski definition) is 11. The van der Waals surface area contributed by atoms with Gasteiger partial charge in [-0.25, -0.2) is 40.7 Å². The molecule has 0 saturated heterocycles. The second-order valence-electron chi connectivity index (χ2n) is 15.0. The standard InChI is InChI=1S/C20H16ClF4N3OS.C20H17ClF3N3O2S.CH4/c21-11-1-2-14(27-7-11)15(29)5-10-3-12(17(25)13(24)4-10)20(9-23)16-6-19(16,8-22)30-18(26)28-20;21-11-1-2-14(26-7-11)15(29)5-10-3-12(17(24)13(23)4-10)20(8-22)16-6-19(16,9-28)30-18(25)27-20;/h1-4,7,16H,5-6,8-9H2,(H2,26,28);1-4,7,16,28H,5-6,8-9H2,(H2,25,27);1H4/t2*16-,19-,20-;/m11./s1. The van der Waals surface area contributed by atoms with Gasteiger partial charge in [0.2, 0.25) is 0 Å². The zero-order chi connectivity index (χ0) is 43.4. The van der Waals surface area contributed by atoms with E-state index in [0.717, 1.165) is 35.7 Å². The molecule has 8 rings (SSSR count). The predicted octanol–water partition coefficient (Wildman–Crippen LogP) is 8.45. The minimum atomic E-state index is -1.83. The Balaban J connectivity index is 0.000000201. The fraction of sp³-hybridized carbons (Fsp3) is 0.366. The van der Waals surface area contributed by atoms with Crippen molar-refractivity contribution in [1.82, 2.24) is 9.97 Å². The molecule has 2 aliphatic carbocycles. The molecule has 2 fully saturated rings. The molecule has 4 heterocycles. The normalized spacial score (nSPS) is 26.9. The highest BCUT2D eigenvalue weighted by atomic mass is 35.5. The second kappa shape index (κ2) is 17.5. The van der Waals surface area contributed by atoms with Crippen molar-refractivity contribution in [2.75, 3.05) is 26.6 Å². The van der Waals surface area contributed by atoms with Crippen molar-refractivity contribution < 1.29 is 45.4 Å². The molecule has 0 amide bonds. The van der Waals surface area contributed by atoms with Crippen molar-refractivity contribution in [2.24, 2.45) is 33.3 Å². The van der Waals surface area contributed by atoms with E-state index in [1.54, 1.807) is 0 Å². The van der Waals surface area contributed by atoms with Crippen molar-refractivity contribution >= 4 is 68.6 Å². The number of aliphatic imine (C=N–C) groups is 2. The molecule has 2 saturated carbocycles. The van der Waals surface area contributed by atoms with Crippen LogP contribution in [-0.2, 0) is 23.9 Å². The molecule has 2 aromatic heterocycles. The molecule has 4 aliphatic rings. The number of nitrogens with two attached hydrogens (primary N) is 2. The van der Waals surface area contributed by atoms with E-state index in [4.69, 9.17) is 34.7 Å². The molecule has 4 aromatic rings. The first-order chi connectivity index (χ1) is 28.5. The topological polar surface area (TPSA) is 157 Å². The van der Waals surface area contributed by atoms with Crippen LogP contribution in [0.5, 0.6) is 0 Å². The number of thioether (sulfide) groups is 2. The number of hydrogen-bond donors (Lipinski definition) is 3. The third kappa shape index (κ3) is 8.50. The van der Waals surface area contributed by atoms with Crippen LogP contribution in [-0.4, -0.2) is 73.1 Å². The maximum absolute atomic E-state index is 14.8. The van der Waals surface area contributed by atoms with Gasteiger partial charge in [0.15, 0.2) is 45.2 Å². The van der Waals surface area contributed by atoms with Crippen molar-refractivity contribution in [3.05, 3.63) is 128 Å². The van der Waals surface area contributed by atoms with Crippen molar-refractivity contribution in [2.45, 2.75) is 53.7 Å². The van der Waals surface area contributed by atoms with E-state index in [1.807, 2.05) is 0 Å². The van der Waals surface area contributed by atoms with E-state index in [9.17, 15) is 45.4 Å². The lowest BCUT2D eigenvalue weighted by atomic mass is 9.83. The maximum Gasteiger partial charge on any atom is 0.185 e. The van der Waals surface area contributed by atoms with E-state index < -0.39 is 87.3 Å². The van der Waals surface area contributed by atoms with Crippen LogP contribution in [0.3, 0.4) is 0 Å². The average molecular weight is 930 g/mol. The minimum absolute atomic E-state index is 0. The summed E-state index contributed by atoms with van der Waals surface area (Å²) in [4.78, 5) is 41.1. The summed E-state index contributed by atoms with van der Waals surface area (Å²) in [6, 6.07) is 10.1. The van der Waals surface area contributed by atoms with Gasteiger partial charge >= 0.3 is 0 Å². The van der Waals surface area contributed by atoms with Gasteiger partial charge in [-0.15, -0.1) is 0 Å². The number of aliphatic hydroxyl groups is 1. The number of ketones is 2. The maximum atomic E-state index is 14.8. The highest BCUT2D eigenvalue weighted by Crippen LogP contribution is 2.67. The van der Waals surface area contributed by atoms with E-state index in [1.165, 1.54) is 48.8 Å². The Morgan fingerprint density at radius 3 is 1.48 bits per heavy atom. The lowest BCUT2D eigenvalue weighted by Crippen LogP contribution is -2.41. The molecule has 0 bridgehead atoms. The average Bonchev–Trinajstić information content (AvgIpc) is 4.15. The summed E-state index contributed by atoms with van der Waals surface area (Å²) < 4.78 is 99.0. The first-order valence-electron chi connectivity index (χ1n) is 18.1. The fourth-order valence-electron chi connectivity index (χ4n) is 8.04. The summed E-state index contributed by atoms with van der Waals surface area (Å²) in [5.74, 6) is -7.08. The van der Waals surface area contributed by atoms with Gasteiger partial charge < -0.3 is 16.6 Å². The Morgan fingerprint density at radius 1 is 0.689 bits per heavy atom. The minimum Gasteiger partial charge on any atom is -0.395 e. The molecule has 61 heavy (non-hydrogen) atoms. The SMILES string of the molecule is C.NC1=N[C@](CF)(c2cc(CC(=O)c3ccc(Cl)cn3)cc(F)c2F)[C@@H]2C[C@]2(CF)S1.NC1=N[C@](CF)(c2cc(CC(=O)c3ccc(Cl)cn3)cc(F)c2F)[C@@H]2C[C@]2(CO)S1. The van der Waals surface area contributed by atoms with Crippen molar-refractivity contribution in [3.63, 3.8) is 0 Å². The largest absolute Gasteiger partial charge is 0.395 e. The van der Waals surface area contributed by atoms with E-state index in [-0.39, 0.29) is 77.3 Å². The molecule has 324 valence electrons. The fourth-order valence-corrected chi connectivity index (χ4v) is 10.8. The number of pyridine rings is 2. The lowest BCUT2D eigenvalue weighted by Gasteiger charge is -2.34. The molecule has 6 atom stereocenters. The summed E-state index contributed by atoms with van der Waals surface area (Å²) >= 11 is 13.6. The number of nitrogens with zero attached hydrogens (tertiary/aromatic N) is 4. The van der Waals surface area contributed by atoms with Crippen molar-refractivity contribution in [1.29, 1.82) is 0 Å². The number of halogens is 9. The monoisotopic (exact) mass is 928 g/mol.